The summed E-state index contributed by atoms with van der Waals surface area (Å²) >= 11 is 5.00. The van der Waals surface area contributed by atoms with Crippen molar-refractivity contribution < 1.29 is 19.5 Å². The minimum absolute atomic E-state index is 0. The number of nitrogens with zero attached hydrogens (tertiary/aromatic N) is 2. The molecular weight excluding hydrogens is 681 g/mol. The Balaban J connectivity index is 0.000000237. The summed E-state index contributed by atoms with van der Waals surface area (Å²) in [7, 11) is 0. The maximum atomic E-state index is 12.2. The lowest BCUT2D eigenvalue weighted by Crippen LogP contribution is -2.46. The van der Waals surface area contributed by atoms with E-state index in [9.17, 15) is 14.4 Å². The van der Waals surface area contributed by atoms with E-state index < -0.39 is 5.97 Å². The molecule has 3 aliphatic heterocycles. The van der Waals surface area contributed by atoms with E-state index in [1.165, 1.54) is 66.7 Å². The molecule has 6 heterocycles. The van der Waals surface area contributed by atoms with E-state index in [4.69, 9.17) is 5.11 Å². The highest BCUT2D eigenvalue weighted by atomic mass is 32.1. The van der Waals surface area contributed by atoms with E-state index >= 15 is 0 Å². The van der Waals surface area contributed by atoms with Crippen LogP contribution in [0.3, 0.4) is 0 Å². The van der Waals surface area contributed by atoms with Crippen LogP contribution in [0.25, 0.3) is 0 Å². The molecule has 0 bridgehead atoms. The lowest BCUT2D eigenvalue weighted by Gasteiger charge is -2.42. The number of carboxylic acids is 1. The minimum Gasteiger partial charge on any atom is -0.481 e. The summed E-state index contributed by atoms with van der Waals surface area (Å²) in [6, 6.07) is 6.77. The van der Waals surface area contributed by atoms with Crippen LogP contribution in [0.5, 0.6) is 0 Å². The third-order valence-electron chi connectivity index (χ3n) is 10.7. The number of carboxylic acid groups (broad SMARTS) is 1. The zero-order valence-corrected chi connectivity index (χ0v) is 32.0. The Morgan fingerprint density at radius 3 is 1.86 bits per heavy atom. The van der Waals surface area contributed by atoms with Crippen molar-refractivity contribution in [3.05, 3.63) is 66.7 Å². The summed E-state index contributed by atoms with van der Waals surface area (Å²) in [4.78, 5) is 39.8. The van der Waals surface area contributed by atoms with Gasteiger partial charge in [-0.05, 0) is 118 Å². The molecule has 280 valence electrons. The number of thiophene rings is 3. The standard InChI is InChI=1S/C13H19NOS.C12H15NOS.C8H16.C6H6O2S.2CH4/c1-10-4-3-6-14(11(10)2)13(15)8-12-5-7-16-9-12;1-8-3-2-5-13-10(14)7-9-4-6-15-12(9)11(8)13;1-7-5-3-4-6-8(7)2;7-6(8)3-5-1-2-9-4-5;;/h5,7,9-11H,3-4,6,8H2,1-2H3;4,6,8,11H,2-3,5,7H2,1H3;7-8H,3-6H2,1-2H3;1-2,4H,3H2,(H,7,8);2*1H4/t10-,11?;8-,11-;7-,8?;;;/m000.../s1. The average molecular weight is 745 g/mol. The molecule has 50 heavy (non-hydrogen) atoms. The molecule has 1 N–H and O–H groups in total. The van der Waals surface area contributed by atoms with Crippen molar-refractivity contribution in [2.45, 2.75) is 132 Å². The Labute approximate surface area is 315 Å². The zero-order chi connectivity index (χ0) is 34.6. The molecule has 0 radical (unpaired) electrons. The Morgan fingerprint density at radius 2 is 1.30 bits per heavy atom. The van der Waals surface area contributed by atoms with Gasteiger partial charge in [0.1, 0.15) is 0 Å². The smallest absolute Gasteiger partial charge is 0.307 e. The van der Waals surface area contributed by atoms with Crippen LogP contribution in [0.15, 0.2) is 45.1 Å². The predicted octanol–water partition coefficient (Wildman–Crippen LogP) is 11.0. The Bertz CT molecular complexity index is 1390. The molecule has 7 rings (SSSR count). The molecule has 3 aromatic rings. The van der Waals surface area contributed by atoms with Crippen molar-refractivity contribution >= 4 is 51.8 Å². The number of carbonyl (C=O) groups excluding carboxylic acids is 2. The number of aliphatic carboxylic acids is 1. The number of likely N-dealkylation sites (tertiary alicyclic amines) is 1. The number of hydrogen-bond donors (Lipinski definition) is 1. The summed E-state index contributed by atoms with van der Waals surface area (Å²) in [6.45, 7) is 13.4. The Kier molecular flexibility index (Phi) is 19.0. The van der Waals surface area contributed by atoms with Gasteiger partial charge in [0.05, 0.1) is 25.3 Å². The van der Waals surface area contributed by atoms with Crippen molar-refractivity contribution in [1.29, 1.82) is 0 Å². The fourth-order valence-electron chi connectivity index (χ4n) is 7.31. The molecule has 0 aromatic carbocycles. The Hall–Kier alpha value is -2.49. The molecule has 6 atom stereocenters. The maximum Gasteiger partial charge on any atom is 0.307 e. The van der Waals surface area contributed by atoms with Crippen LogP contribution in [0.2, 0.25) is 0 Å². The van der Waals surface area contributed by atoms with Gasteiger partial charge in [0.15, 0.2) is 0 Å². The van der Waals surface area contributed by atoms with Gasteiger partial charge in [-0.1, -0.05) is 68.2 Å². The highest BCUT2D eigenvalue weighted by Gasteiger charge is 2.38. The van der Waals surface area contributed by atoms with Crippen LogP contribution in [0, 0.1) is 23.7 Å². The number of fused-ring (bicyclic) bond motifs is 3. The predicted molar refractivity (Wildman–Crippen MR) is 214 cm³/mol. The second kappa shape index (κ2) is 21.8. The number of hydrogen-bond acceptors (Lipinski definition) is 6. The summed E-state index contributed by atoms with van der Waals surface area (Å²) in [5, 5.41) is 18.2. The molecule has 2 saturated heterocycles. The fourth-order valence-corrected chi connectivity index (χ4v) is 9.82. The molecule has 1 saturated carbocycles. The average Bonchev–Trinajstić information content (AvgIpc) is 3.85. The first-order chi connectivity index (χ1) is 23.0. The maximum absolute atomic E-state index is 12.2. The van der Waals surface area contributed by atoms with Crippen LogP contribution in [0.4, 0.5) is 0 Å². The summed E-state index contributed by atoms with van der Waals surface area (Å²) in [6.07, 6.45) is 12.1. The number of amides is 2. The van der Waals surface area contributed by atoms with Crippen molar-refractivity contribution in [2.75, 3.05) is 13.1 Å². The highest BCUT2D eigenvalue weighted by Crippen LogP contribution is 2.43. The van der Waals surface area contributed by atoms with E-state index in [0.29, 0.717) is 42.7 Å². The van der Waals surface area contributed by atoms with Crippen LogP contribution < -0.4 is 0 Å². The SMILES string of the molecule is C.C.CC1CCCC[C@@H]1C.CC1[C@@H](C)CCCN1C(=O)Cc1ccsc1.C[C@H]1CCCN2C(=O)Cc3ccsc3[C@H]12.O=C(O)Cc1ccsc1. The number of piperidine rings is 2. The minimum atomic E-state index is -0.770. The van der Waals surface area contributed by atoms with Gasteiger partial charge in [-0.3, -0.25) is 14.4 Å². The molecule has 2 amide bonds. The first kappa shape index (κ1) is 43.7. The third kappa shape index (κ3) is 12.6. The van der Waals surface area contributed by atoms with E-state index in [0.717, 1.165) is 42.5 Å². The van der Waals surface area contributed by atoms with Gasteiger partial charge in [-0.25, -0.2) is 0 Å². The van der Waals surface area contributed by atoms with Crippen molar-refractivity contribution in [2.24, 2.45) is 23.7 Å². The molecule has 4 aliphatic rings. The molecule has 3 aromatic heterocycles. The van der Waals surface area contributed by atoms with Gasteiger partial charge in [0.2, 0.25) is 11.8 Å². The van der Waals surface area contributed by atoms with E-state index in [-0.39, 0.29) is 27.2 Å². The summed E-state index contributed by atoms with van der Waals surface area (Å²) < 4.78 is 0. The monoisotopic (exact) mass is 744 g/mol. The highest BCUT2D eigenvalue weighted by molar-refractivity contribution is 7.10. The van der Waals surface area contributed by atoms with Crippen molar-refractivity contribution in [1.82, 2.24) is 9.80 Å². The van der Waals surface area contributed by atoms with Gasteiger partial charge in [0.25, 0.3) is 0 Å². The number of carbonyl (C=O) groups is 3. The largest absolute Gasteiger partial charge is 0.481 e. The zero-order valence-electron chi connectivity index (χ0n) is 29.6. The van der Waals surface area contributed by atoms with Crippen LogP contribution in [-0.2, 0) is 33.6 Å². The van der Waals surface area contributed by atoms with Crippen LogP contribution >= 0.6 is 34.0 Å². The number of rotatable bonds is 4. The van der Waals surface area contributed by atoms with E-state index in [1.54, 1.807) is 11.3 Å². The van der Waals surface area contributed by atoms with Gasteiger partial charge < -0.3 is 14.9 Å². The van der Waals surface area contributed by atoms with Crippen molar-refractivity contribution in [3.63, 3.8) is 0 Å². The first-order valence-corrected chi connectivity index (χ1v) is 20.7. The topological polar surface area (TPSA) is 77.9 Å². The van der Waals surface area contributed by atoms with E-state index in [1.807, 2.05) is 39.6 Å². The first-order valence-electron chi connectivity index (χ1n) is 17.9. The molecule has 9 heteroatoms. The van der Waals surface area contributed by atoms with Crippen LogP contribution in [-0.4, -0.2) is 51.8 Å². The summed E-state index contributed by atoms with van der Waals surface area (Å²) in [5.41, 5.74) is 3.31. The second-order valence-corrected chi connectivity index (χ2v) is 16.8. The van der Waals surface area contributed by atoms with Gasteiger partial charge in [-0.2, -0.15) is 22.7 Å². The molecule has 1 aliphatic carbocycles. The molecular formula is C41H64N2O4S3. The fraction of sp³-hybridized carbons (Fsp3) is 0.634. The lowest BCUT2D eigenvalue weighted by molar-refractivity contribution is -0.137. The normalized spacial score (nSPS) is 25.3. The Morgan fingerprint density at radius 1 is 0.740 bits per heavy atom. The quantitative estimate of drug-likeness (QED) is 0.288. The molecule has 0 spiro atoms. The second-order valence-electron chi connectivity index (χ2n) is 14.3. The molecule has 3 fully saturated rings. The lowest BCUT2D eigenvalue weighted by atomic mass is 9.82. The third-order valence-corrected chi connectivity index (χ3v) is 13.2. The van der Waals surface area contributed by atoms with E-state index in [2.05, 4.69) is 61.2 Å². The van der Waals surface area contributed by atoms with Crippen LogP contribution in [0.1, 0.15) is 128 Å². The van der Waals surface area contributed by atoms with Crippen molar-refractivity contribution in [3.8, 4) is 0 Å². The van der Waals surface area contributed by atoms with Gasteiger partial charge >= 0.3 is 5.97 Å². The van der Waals surface area contributed by atoms with Gasteiger partial charge in [-0.15, -0.1) is 11.3 Å². The molecule has 6 nitrogen and oxygen atoms in total. The summed E-state index contributed by atoms with van der Waals surface area (Å²) in [5.74, 6) is 3.12. The van der Waals surface area contributed by atoms with Gasteiger partial charge in [0, 0.05) is 24.0 Å². The molecule has 2 unspecified atom stereocenters.